The van der Waals surface area contributed by atoms with E-state index in [1.807, 2.05) is 26.0 Å². The van der Waals surface area contributed by atoms with Gasteiger partial charge in [-0.1, -0.05) is 19.9 Å². The van der Waals surface area contributed by atoms with Gasteiger partial charge in [0.1, 0.15) is 0 Å². The van der Waals surface area contributed by atoms with Gasteiger partial charge in [-0.15, -0.1) is 0 Å². The number of nitrogen functional groups attached to an aromatic ring is 1. The molecule has 2 heteroatoms. The maximum atomic E-state index is 5.67. The zero-order valence-corrected chi connectivity index (χ0v) is 9.12. The molecule has 0 radical (unpaired) electrons. The second kappa shape index (κ2) is 4.70. The largest absolute Gasteiger partial charge is 0.399 e. The Morgan fingerprint density at radius 2 is 2.00 bits per heavy atom. The molecule has 0 unspecified atom stereocenters. The highest BCUT2D eigenvalue weighted by molar-refractivity contribution is 5.60. The van der Waals surface area contributed by atoms with Crippen LogP contribution in [0.25, 0.3) is 6.08 Å². The first kappa shape index (κ1) is 10.6. The normalized spacial score (nSPS) is 12.9. The van der Waals surface area contributed by atoms with Crippen molar-refractivity contribution in [1.29, 1.82) is 0 Å². The zero-order valence-electron chi connectivity index (χ0n) is 9.12. The third-order valence-electron chi connectivity index (χ3n) is 2.10. The fourth-order valence-corrected chi connectivity index (χ4v) is 1.44. The molecule has 1 heterocycles. The van der Waals surface area contributed by atoms with Crippen molar-refractivity contribution in [2.75, 3.05) is 12.8 Å². The van der Waals surface area contributed by atoms with Crippen LogP contribution in [0.4, 0.5) is 5.69 Å². The van der Waals surface area contributed by atoms with Gasteiger partial charge >= 0.3 is 0 Å². The lowest BCUT2D eigenvalue weighted by atomic mass is 10.0. The number of rotatable bonds is 0. The Bertz CT molecular complexity index is 329. The number of hydrogen-bond donors (Lipinski definition) is 1. The van der Waals surface area contributed by atoms with Gasteiger partial charge in [-0.3, -0.25) is 0 Å². The molecule has 2 N–H and O–H groups in total. The Labute approximate surface area is 86.0 Å². The van der Waals surface area contributed by atoms with Crippen LogP contribution in [0.3, 0.4) is 0 Å². The van der Waals surface area contributed by atoms with Crippen LogP contribution in [0, 0.1) is 0 Å². The standard InChI is InChI=1S/C10H12N2.C2H6/c1-12-5-4-8-6-10(11)3-2-9(8)7-12;1-2/h2-6H,7,11H2,1H3;1-2H3. The maximum absolute atomic E-state index is 5.67. The van der Waals surface area contributed by atoms with Gasteiger partial charge in [0.05, 0.1) is 0 Å². The van der Waals surface area contributed by atoms with Crippen molar-refractivity contribution in [3.8, 4) is 0 Å². The Hall–Kier alpha value is -1.44. The first-order chi connectivity index (χ1) is 6.75. The van der Waals surface area contributed by atoms with Crippen molar-refractivity contribution >= 4 is 11.8 Å². The van der Waals surface area contributed by atoms with E-state index in [1.165, 1.54) is 11.1 Å². The van der Waals surface area contributed by atoms with Gasteiger partial charge in [0.25, 0.3) is 0 Å². The minimum Gasteiger partial charge on any atom is -0.399 e. The number of hydrogen-bond acceptors (Lipinski definition) is 2. The monoisotopic (exact) mass is 190 g/mol. The summed E-state index contributed by atoms with van der Waals surface area (Å²) in [6.45, 7) is 4.98. The number of benzene rings is 1. The summed E-state index contributed by atoms with van der Waals surface area (Å²) in [5, 5.41) is 0. The topological polar surface area (TPSA) is 29.3 Å². The van der Waals surface area contributed by atoms with E-state index in [9.17, 15) is 0 Å². The van der Waals surface area contributed by atoms with Crippen LogP contribution >= 0.6 is 0 Å². The Kier molecular flexibility index (Phi) is 3.57. The Morgan fingerprint density at radius 1 is 1.29 bits per heavy atom. The average molecular weight is 190 g/mol. The van der Waals surface area contributed by atoms with Gasteiger partial charge in [0, 0.05) is 19.3 Å². The van der Waals surface area contributed by atoms with Gasteiger partial charge in [0.15, 0.2) is 0 Å². The fraction of sp³-hybridized carbons (Fsp3) is 0.333. The van der Waals surface area contributed by atoms with Gasteiger partial charge in [-0.25, -0.2) is 0 Å². The first-order valence-corrected chi connectivity index (χ1v) is 5.02. The molecule has 1 aromatic rings. The molecular weight excluding hydrogens is 172 g/mol. The van der Waals surface area contributed by atoms with Crippen LogP contribution in [-0.4, -0.2) is 11.9 Å². The van der Waals surface area contributed by atoms with Crippen molar-refractivity contribution in [3.63, 3.8) is 0 Å². The second-order valence-corrected chi connectivity index (χ2v) is 3.19. The molecule has 2 rings (SSSR count). The molecule has 0 aromatic heterocycles. The summed E-state index contributed by atoms with van der Waals surface area (Å²) in [4.78, 5) is 2.15. The molecule has 0 atom stereocenters. The molecule has 1 aromatic carbocycles. The fourth-order valence-electron chi connectivity index (χ4n) is 1.44. The first-order valence-electron chi connectivity index (χ1n) is 5.02. The minimum absolute atomic E-state index is 0.836. The number of nitrogens with two attached hydrogens (primary N) is 1. The number of fused-ring (bicyclic) bond motifs is 1. The molecule has 2 nitrogen and oxygen atoms in total. The van der Waals surface area contributed by atoms with E-state index in [-0.39, 0.29) is 0 Å². The van der Waals surface area contributed by atoms with Crippen molar-refractivity contribution in [2.45, 2.75) is 20.4 Å². The van der Waals surface area contributed by atoms with E-state index in [0.29, 0.717) is 0 Å². The highest BCUT2D eigenvalue weighted by atomic mass is 15.1. The van der Waals surface area contributed by atoms with Gasteiger partial charge < -0.3 is 10.6 Å². The SMILES string of the molecule is CC.CN1C=Cc2cc(N)ccc2C1. The van der Waals surface area contributed by atoms with E-state index in [4.69, 9.17) is 5.73 Å². The summed E-state index contributed by atoms with van der Waals surface area (Å²) < 4.78 is 0. The van der Waals surface area contributed by atoms with Crippen molar-refractivity contribution < 1.29 is 0 Å². The summed E-state index contributed by atoms with van der Waals surface area (Å²) in [6, 6.07) is 6.05. The molecule has 1 aliphatic heterocycles. The molecule has 0 amide bonds. The molecule has 0 saturated carbocycles. The smallest absolute Gasteiger partial charge is 0.0426 e. The van der Waals surface area contributed by atoms with Crippen LogP contribution in [0.2, 0.25) is 0 Å². The minimum atomic E-state index is 0.836. The number of nitrogens with zero attached hydrogens (tertiary/aromatic N) is 1. The molecule has 0 saturated heterocycles. The Morgan fingerprint density at radius 3 is 2.71 bits per heavy atom. The average Bonchev–Trinajstić information content (AvgIpc) is 2.21. The third-order valence-corrected chi connectivity index (χ3v) is 2.10. The predicted molar refractivity (Wildman–Crippen MR) is 62.7 cm³/mol. The summed E-state index contributed by atoms with van der Waals surface area (Å²) in [7, 11) is 2.07. The Balaban J connectivity index is 0.000000461. The lowest BCUT2D eigenvalue weighted by Crippen LogP contribution is -2.14. The van der Waals surface area contributed by atoms with Gasteiger partial charge in [-0.05, 0) is 35.5 Å². The number of anilines is 1. The van der Waals surface area contributed by atoms with E-state index in [2.05, 4.69) is 30.3 Å². The molecule has 76 valence electrons. The van der Waals surface area contributed by atoms with Crippen LogP contribution < -0.4 is 5.73 Å². The lowest BCUT2D eigenvalue weighted by Gasteiger charge is -2.20. The second-order valence-electron chi connectivity index (χ2n) is 3.19. The van der Waals surface area contributed by atoms with E-state index >= 15 is 0 Å². The molecule has 0 bridgehead atoms. The lowest BCUT2D eigenvalue weighted by molar-refractivity contribution is 0.448. The van der Waals surface area contributed by atoms with E-state index in [0.717, 1.165) is 12.2 Å². The summed E-state index contributed by atoms with van der Waals surface area (Å²) >= 11 is 0. The van der Waals surface area contributed by atoms with Crippen LogP contribution in [-0.2, 0) is 6.54 Å². The molecule has 0 aliphatic carbocycles. The van der Waals surface area contributed by atoms with Crippen LogP contribution in [0.15, 0.2) is 24.4 Å². The highest BCUT2D eigenvalue weighted by Crippen LogP contribution is 2.20. The molecule has 0 spiro atoms. The van der Waals surface area contributed by atoms with E-state index < -0.39 is 0 Å². The third kappa shape index (κ3) is 2.28. The molecule has 14 heavy (non-hydrogen) atoms. The van der Waals surface area contributed by atoms with E-state index in [1.54, 1.807) is 0 Å². The quantitative estimate of drug-likeness (QED) is 0.637. The van der Waals surface area contributed by atoms with Gasteiger partial charge in [0.2, 0.25) is 0 Å². The van der Waals surface area contributed by atoms with Crippen molar-refractivity contribution in [3.05, 3.63) is 35.5 Å². The van der Waals surface area contributed by atoms with Crippen molar-refractivity contribution in [2.24, 2.45) is 0 Å². The van der Waals surface area contributed by atoms with Gasteiger partial charge in [-0.2, -0.15) is 0 Å². The molecule has 0 fully saturated rings. The molecule has 1 aliphatic rings. The zero-order chi connectivity index (χ0) is 10.6. The van der Waals surface area contributed by atoms with Crippen LogP contribution in [0.1, 0.15) is 25.0 Å². The maximum Gasteiger partial charge on any atom is 0.0426 e. The summed E-state index contributed by atoms with van der Waals surface area (Å²) in [6.07, 6.45) is 4.16. The molecular formula is C12H18N2. The van der Waals surface area contributed by atoms with Crippen molar-refractivity contribution in [1.82, 2.24) is 4.90 Å². The van der Waals surface area contributed by atoms with Crippen LogP contribution in [0.5, 0.6) is 0 Å². The summed E-state index contributed by atoms with van der Waals surface area (Å²) in [5.41, 5.74) is 9.09. The predicted octanol–water partition coefficient (Wildman–Crippen LogP) is 2.71. The highest BCUT2D eigenvalue weighted by Gasteiger charge is 2.06. The summed E-state index contributed by atoms with van der Waals surface area (Å²) in [5.74, 6) is 0.